The minimum absolute atomic E-state index is 0.130. The van der Waals surface area contributed by atoms with E-state index in [4.69, 9.17) is 14.2 Å². The highest BCUT2D eigenvalue weighted by atomic mass is 16.6. The first kappa shape index (κ1) is 21.4. The third kappa shape index (κ3) is 14.3. The molecule has 1 unspecified atom stereocenters. The van der Waals surface area contributed by atoms with Crippen molar-refractivity contribution >= 4 is 5.97 Å². The van der Waals surface area contributed by atoms with Crippen molar-refractivity contribution in [2.24, 2.45) is 5.92 Å². The molecule has 22 heavy (non-hydrogen) atoms. The molecule has 0 N–H and O–H groups in total. The fourth-order valence-corrected chi connectivity index (χ4v) is 2.33. The van der Waals surface area contributed by atoms with Crippen LogP contribution >= 0.6 is 0 Å². The molecule has 0 radical (unpaired) electrons. The number of rotatable bonds is 15. The molecule has 0 rings (SSSR count). The van der Waals surface area contributed by atoms with Gasteiger partial charge in [0.1, 0.15) is 12.7 Å². The molecular weight excluding hydrogens is 280 g/mol. The van der Waals surface area contributed by atoms with E-state index in [1.807, 2.05) is 0 Å². The summed E-state index contributed by atoms with van der Waals surface area (Å²) in [7, 11) is 3.20. The van der Waals surface area contributed by atoms with E-state index in [0.717, 1.165) is 18.8 Å². The Balaban J connectivity index is 3.34. The van der Waals surface area contributed by atoms with Crippen molar-refractivity contribution in [1.29, 1.82) is 0 Å². The lowest BCUT2D eigenvalue weighted by Gasteiger charge is -2.14. The van der Waals surface area contributed by atoms with E-state index in [1.165, 1.54) is 38.5 Å². The molecule has 1 atom stereocenters. The molecule has 0 aromatic carbocycles. The molecule has 4 heteroatoms. The van der Waals surface area contributed by atoms with Gasteiger partial charge in [-0.3, -0.25) is 4.79 Å². The first-order valence-corrected chi connectivity index (χ1v) is 8.77. The van der Waals surface area contributed by atoms with Crippen LogP contribution in [0, 0.1) is 5.92 Å². The molecule has 0 bridgehead atoms. The topological polar surface area (TPSA) is 44.8 Å². The van der Waals surface area contributed by atoms with Gasteiger partial charge in [0, 0.05) is 20.6 Å². The lowest BCUT2D eigenvalue weighted by atomic mass is 10.0. The van der Waals surface area contributed by atoms with Gasteiger partial charge in [-0.2, -0.15) is 0 Å². The lowest BCUT2D eigenvalue weighted by Crippen LogP contribution is -2.25. The minimum Gasteiger partial charge on any atom is -0.463 e. The molecule has 0 saturated carbocycles. The highest BCUT2D eigenvalue weighted by Gasteiger charge is 2.10. The number of esters is 1. The summed E-state index contributed by atoms with van der Waals surface area (Å²) in [6, 6.07) is 0. The molecule has 0 amide bonds. The maximum atomic E-state index is 11.6. The zero-order valence-electron chi connectivity index (χ0n) is 15.1. The summed E-state index contributed by atoms with van der Waals surface area (Å²) >= 11 is 0. The number of hydrogen-bond acceptors (Lipinski definition) is 4. The fourth-order valence-electron chi connectivity index (χ4n) is 2.33. The summed E-state index contributed by atoms with van der Waals surface area (Å²) in [6.45, 7) is 5.28. The molecule has 0 fully saturated rings. The van der Waals surface area contributed by atoms with Crippen LogP contribution in [0.1, 0.15) is 71.6 Å². The van der Waals surface area contributed by atoms with Crippen LogP contribution in [0.25, 0.3) is 0 Å². The van der Waals surface area contributed by atoms with Crippen molar-refractivity contribution in [3.05, 3.63) is 0 Å². The first-order chi connectivity index (χ1) is 10.6. The quantitative estimate of drug-likeness (QED) is 0.333. The zero-order chi connectivity index (χ0) is 16.6. The standard InChI is InChI=1S/C18H36O4/c1-16(2)12-10-8-6-5-7-9-11-13-18(19)22-15-17(21-4)14-20-3/h16-17H,5-15H2,1-4H3. The van der Waals surface area contributed by atoms with Crippen molar-refractivity contribution < 1.29 is 19.0 Å². The second-order valence-corrected chi connectivity index (χ2v) is 6.40. The van der Waals surface area contributed by atoms with Crippen LogP contribution in [0.3, 0.4) is 0 Å². The predicted octanol–water partition coefficient (Wildman–Crippen LogP) is 4.36. The van der Waals surface area contributed by atoms with Gasteiger partial charge in [0.15, 0.2) is 0 Å². The van der Waals surface area contributed by atoms with Crippen molar-refractivity contribution in [3.8, 4) is 0 Å². The third-order valence-electron chi connectivity index (χ3n) is 3.78. The Morgan fingerprint density at radius 3 is 2.00 bits per heavy atom. The van der Waals surface area contributed by atoms with Crippen LogP contribution in [0.4, 0.5) is 0 Å². The summed E-state index contributed by atoms with van der Waals surface area (Å²) in [5.74, 6) is 0.697. The van der Waals surface area contributed by atoms with Gasteiger partial charge in [-0.15, -0.1) is 0 Å². The summed E-state index contributed by atoms with van der Waals surface area (Å²) in [6.07, 6.45) is 10.3. The summed E-state index contributed by atoms with van der Waals surface area (Å²) < 4.78 is 15.3. The van der Waals surface area contributed by atoms with E-state index in [9.17, 15) is 4.79 Å². The second kappa shape index (κ2) is 15.3. The molecule has 0 aliphatic carbocycles. The average molecular weight is 316 g/mol. The number of hydrogen-bond donors (Lipinski definition) is 0. The van der Waals surface area contributed by atoms with Gasteiger partial charge in [-0.05, 0) is 12.3 Å². The number of carbonyl (C=O) groups excluding carboxylic acids is 1. The van der Waals surface area contributed by atoms with Crippen LogP contribution in [-0.4, -0.2) is 39.5 Å². The monoisotopic (exact) mass is 316 g/mol. The molecule has 0 saturated heterocycles. The highest BCUT2D eigenvalue weighted by Crippen LogP contribution is 2.12. The Hall–Kier alpha value is -0.610. The molecule has 0 aliphatic rings. The van der Waals surface area contributed by atoms with Crippen molar-refractivity contribution in [3.63, 3.8) is 0 Å². The predicted molar refractivity (Wildman–Crippen MR) is 90.0 cm³/mol. The van der Waals surface area contributed by atoms with E-state index < -0.39 is 0 Å². The number of ether oxygens (including phenoxy) is 3. The molecule has 0 spiro atoms. The molecule has 0 aromatic rings. The molecular formula is C18H36O4. The van der Waals surface area contributed by atoms with Crippen LogP contribution in [-0.2, 0) is 19.0 Å². The molecule has 4 nitrogen and oxygen atoms in total. The highest BCUT2D eigenvalue weighted by molar-refractivity contribution is 5.69. The van der Waals surface area contributed by atoms with Gasteiger partial charge in [-0.1, -0.05) is 58.8 Å². The SMILES string of the molecule is COCC(COC(=O)CCCCCCCCCC(C)C)OC. The van der Waals surface area contributed by atoms with Crippen LogP contribution in [0.2, 0.25) is 0 Å². The minimum atomic E-state index is -0.167. The molecule has 0 heterocycles. The normalized spacial score (nSPS) is 12.6. The fraction of sp³-hybridized carbons (Fsp3) is 0.944. The maximum absolute atomic E-state index is 11.6. The van der Waals surface area contributed by atoms with Crippen molar-refractivity contribution in [1.82, 2.24) is 0 Å². The largest absolute Gasteiger partial charge is 0.463 e. The summed E-state index contributed by atoms with van der Waals surface area (Å²) in [5, 5.41) is 0. The molecule has 0 aromatic heterocycles. The average Bonchev–Trinajstić information content (AvgIpc) is 2.49. The van der Waals surface area contributed by atoms with E-state index in [0.29, 0.717) is 13.0 Å². The Kier molecular flexibility index (Phi) is 14.9. The molecule has 0 aliphatic heterocycles. The number of carbonyl (C=O) groups is 1. The van der Waals surface area contributed by atoms with E-state index in [2.05, 4.69) is 13.8 Å². The van der Waals surface area contributed by atoms with Gasteiger partial charge in [0.2, 0.25) is 0 Å². The Morgan fingerprint density at radius 2 is 1.45 bits per heavy atom. The van der Waals surface area contributed by atoms with E-state index >= 15 is 0 Å². The van der Waals surface area contributed by atoms with Gasteiger partial charge >= 0.3 is 5.97 Å². The van der Waals surface area contributed by atoms with E-state index in [1.54, 1.807) is 14.2 Å². The van der Waals surface area contributed by atoms with Crippen molar-refractivity contribution in [2.75, 3.05) is 27.4 Å². The van der Waals surface area contributed by atoms with Gasteiger partial charge in [0.05, 0.1) is 6.61 Å². The number of methoxy groups -OCH3 is 2. The first-order valence-electron chi connectivity index (χ1n) is 8.77. The Labute approximate surface area is 136 Å². The Bertz CT molecular complexity index is 253. The molecule has 132 valence electrons. The Morgan fingerprint density at radius 1 is 0.864 bits per heavy atom. The van der Waals surface area contributed by atoms with Crippen molar-refractivity contribution in [2.45, 2.75) is 77.7 Å². The maximum Gasteiger partial charge on any atom is 0.305 e. The van der Waals surface area contributed by atoms with Crippen LogP contribution in [0.15, 0.2) is 0 Å². The van der Waals surface area contributed by atoms with Gasteiger partial charge in [0.25, 0.3) is 0 Å². The lowest BCUT2D eigenvalue weighted by molar-refractivity contribution is -0.148. The summed E-state index contributed by atoms with van der Waals surface area (Å²) in [4.78, 5) is 11.6. The van der Waals surface area contributed by atoms with Gasteiger partial charge in [-0.25, -0.2) is 0 Å². The van der Waals surface area contributed by atoms with Gasteiger partial charge < -0.3 is 14.2 Å². The van der Waals surface area contributed by atoms with Crippen LogP contribution in [0.5, 0.6) is 0 Å². The summed E-state index contributed by atoms with van der Waals surface area (Å²) in [5.41, 5.74) is 0. The zero-order valence-corrected chi connectivity index (χ0v) is 15.1. The number of unbranched alkanes of at least 4 members (excludes halogenated alkanes) is 6. The van der Waals surface area contributed by atoms with E-state index in [-0.39, 0.29) is 18.7 Å². The smallest absolute Gasteiger partial charge is 0.305 e. The van der Waals surface area contributed by atoms with Crippen LogP contribution < -0.4 is 0 Å². The third-order valence-corrected chi connectivity index (χ3v) is 3.78. The second-order valence-electron chi connectivity index (χ2n) is 6.40.